The Kier molecular flexibility index (Phi) is 5.92. The summed E-state index contributed by atoms with van der Waals surface area (Å²) in [5, 5.41) is 11.6. The third-order valence-corrected chi connectivity index (χ3v) is 5.05. The van der Waals surface area contributed by atoms with E-state index in [1.54, 1.807) is 0 Å². The number of hydrogen-bond acceptors (Lipinski definition) is 7. The van der Waals surface area contributed by atoms with E-state index in [1.165, 1.54) is 17.6 Å². The van der Waals surface area contributed by atoms with Crippen molar-refractivity contribution in [2.45, 2.75) is 13.0 Å². The number of benzene rings is 1. The molecule has 0 unspecified atom stereocenters. The highest BCUT2D eigenvalue weighted by Gasteiger charge is 2.13. The number of aromatic nitrogens is 2. The fraction of sp³-hybridized carbons (Fsp3) is 0.176. The average molecular weight is 389 g/mol. The van der Waals surface area contributed by atoms with Gasteiger partial charge in [0, 0.05) is 17.8 Å². The van der Waals surface area contributed by atoms with Crippen molar-refractivity contribution >= 4 is 35.1 Å². The number of ether oxygens (including phenoxy) is 1. The smallest absolute Gasteiger partial charge is 0.407 e. The molecule has 0 fully saturated rings. The van der Waals surface area contributed by atoms with Gasteiger partial charge in [0.05, 0.1) is 10.6 Å². The Hall–Kier alpha value is -2.78. The van der Waals surface area contributed by atoms with Crippen molar-refractivity contribution in [3.05, 3.63) is 58.6 Å². The van der Waals surface area contributed by atoms with Crippen molar-refractivity contribution in [3.63, 3.8) is 0 Å². The molecule has 1 amide bonds. The molecule has 7 nitrogen and oxygen atoms in total. The molecule has 0 spiro atoms. The molecule has 26 heavy (non-hydrogen) atoms. The maximum Gasteiger partial charge on any atom is 0.407 e. The Bertz CT molecular complexity index is 892. The van der Waals surface area contributed by atoms with E-state index < -0.39 is 12.1 Å². The lowest BCUT2D eigenvalue weighted by Gasteiger charge is -2.06. The second-order valence-corrected chi connectivity index (χ2v) is 6.99. The Morgan fingerprint density at radius 3 is 2.65 bits per heavy atom. The third-order valence-electron chi connectivity index (χ3n) is 3.39. The summed E-state index contributed by atoms with van der Waals surface area (Å²) in [5.74, 6) is -1.05. The molecule has 134 valence electrons. The minimum absolute atomic E-state index is 0.0161. The maximum absolute atomic E-state index is 11.7. The Balaban J connectivity index is 1.44. The Labute approximate surface area is 157 Å². The van der Waals surface area contributed by atoms with Crippen LogP contribution in [0.5, 0.6) is 0 Å². The predicted octanol–water partition coefficient (Wildman–Crippen LogP) is 3.43. The van der Waals surface area contributed by atoms with E-state index in [2.05, 4.69) is 14.1 Å². The van der Waals surface area contributed by atoms with Crippen LogP contribution in [-0.4, -0.2) is 32.5 Å². The van der Waals surface area contributed by atoms with Crippen LogP contribution in [0.4, 0.5) is 4.79 Å². The van der Waals surface area contributed by atoms with Crippen molar-refractivity contribution in [1.29, 1.82) is 0 Å². The van der Waals surface area contributed by atoms with E-state index in [1.807, 2.05) is 36.4 Å². The summed E-state index contributed by atoms with van der Waals surface area (Å²) in [6, 6.07) is 12.8. The fourth-order valence-corrected chi connectivity index (χ4v) is 3.58. The number of carbonyl (C=O) groups excluding carboxylic acids is 1. The topological polar surface area (TPSA) is 101 Å². The first kappa shape index (κ1) is 18.0. The van der Waals surface area contributed by atoms with Gasteiger partial charge in [-0.05, 0) is 40.8 Å². The largest absolute Gasteiger partial charge is 0.476 e. The van der Waals surface area contributed by atoms with Crippen LogP contribution in [0.1, 0.15) is 20.9 Å². The number of alkyl carbamates (subject to hydrolysis) is 1. The van der Waals surface area contributed by atoms with Gasteiger partial charge in [-0.15, -0.1) is 0 Å². The number of nitrogens with one attached hydrogen (secondary N) is 1. The molecule has 0 radical (unpaired) electrons. The zero-order valence-electron chi connectivity index (χ0n) is 13.5. The molecule has 3 rings (SSSR count). The van der Waals surface area contributed by atoms with Gasteiger partial charge in [0.15, 0.2) is 5.69 Å². The van der Waals surface area contributed by atoms with E-state index >= 15 is 0 Å². The van der Waals surface area contributed by atoms with Gasteiger partial charge in [-0.3, -0.25) is 0 Å². The summed E-state index contributed by atoms with van der Waals surface area (Å²) in [6.07, 6.45) is 0.148. The number of nitrogens with zero attached hydrogens (tertiary/aromatic N) is 2. The van der Waals surface area contributed by atoms with Gasteiger partial charge in [-0.1, -0.05) is 30.3 Å². The first-order valence-electron chi connectivity index (χ1n) is 7.72. The van der Waals surface area contributed by atoms with Gasteiger partial charge < -0.3 is 15.2 Å². The maximum atomic E-state index is 11.7. The lowest BCUT2D eigenvalue weighted by molar-refractivity contribution is 0.0692. The highest BCUT2D eigenvalue weighted by atomic mass is 32.1. The summed E-state index contributed by atoms with van der Waals surface area (Å²) in [7, 11) is 0. The summed E-state index contributed by atoms with van der Waals surface area (Å²) >= 11 is 2.41. The number of carboxylic acid groups (broad SMARTS) is 1. The van der Waals surface area contributed by atoms with Crippen LogP contribution in [0.25, 0.3) is 10.6 Å². The van der Waals surface area contributed by atoms with Crippen LogP contribution in [-0.2, 0) is 17.8 Å². The molecule has 0 saturated carbocycles. The van der Waals surface area contributed by atoms with Crippen molar-refractivity contribution in [3.8, 4) is 10.6 Å². The van der Waals surface area contributed by atoms with Crippen molar-refractivity contribution < 1.29 is 19.4 Å². The molecule has 9 heteroatoms. The lowest BCUT2D eigenvalue weighted by Crippen LogP contribution is -2.26. The van der Waals surface area contributed by atoms with E-state index in [4.69, 9.17) is 9.84 Å². The van der Waals surface area contributed by atoms with E-state index in [-0.39, 0.29) is 12.3 Å². The zero-order valence-corrected chi connectivity index (χ0v) is 15.2. The summed E-state index contributed by atoms with van der Waals surface area (Å²) in [6.45, 7) is 0.660. The van der Waals surface area contributed by atoms with Gasteiger partial charge in [-0.25, -0.2) is 9.59 Å². The SMILES string of the molecule is O=C(NCCc1cc(-c2cc(C(=O)O)ns2)ns1)OCc1ccccc1. The molecule has 2 aromatic heterocycles. The average Bonchev–Trinajstić information content (AvgIpc) is 3.30. The number of amides is 1. The highest BCUT2D eigenvalue weighted by molar-refractivity contribution is 7.10. The van der Waals surface area contributed by atoms with Gasteiger partial charge >= 0.3 is 12.1 Å². The minimum atomic E-state index is -1.05. The first-order chi connectivity index (χ1) is 12.6. The third kappa shape index (κ3) is 4.87. The van der Waals surface area contributed by atoms with Gasteiger partial charge in [0.2, 0.25) is 0 Å². The zero-order chi connectivity index (χ0) is 18.4. The normalized spacial score (nSPS) is 10.5. The van der Waals surface area contributed by atoms with Crippen LogP contribution in [0.2, 0.25) is 0 Å². The second-order valence-electron chi connectivity index (χ2n) is 5.30. The number of aromatic carboxylic acids is 1. The highest BCUT2D eigenvalue weighted by Crippen LogP contribution is 2.26. The van der Waals surface area contributed by atoms with E-state index in [9.17, 15) is 9.59 Å². The molecular weight excluding hydrogens is 374 g/mol. The summed E-state index contributed by atoms with van der Waals surface area (Å²) in [5.41, 5.74) is 1.64. The van der Waals surface area contributed by atoms with E-state index in [0.717, 1.165) is 22.0 Å². The molecular formula is C17H15N3O4S2. The van der Waals surface area contributed by atoms with Crippen molar-refractivity contribution in [1.82, 2.24) is 14.1 Å². The quantitative estimate of drug-likeness (QED) is 0.642. The summed E-state index contributed by atoms with van der Waals surface area (Å²) in [4.78, 5) is 24.3. The molecule has 2 heterocycles. The molecule has 0 bridgehead atoms. The number of carboxylic acids is 1. The van der Waals surface area contributed by atoms with Gasteiger partial charge in [0.25, 0.3) is 0 Å². The van der Waals surface area contributed by atoms with Gasteiger partial charge in [0.1, 0.15) is 6.61 Å². The molecule has 0 aliphatic rings. The molecule has 2 N–H and O–H groups in total. The molecule has 0 aliphatic carbocycles. The number of rotatable bonds is 7. The Morgan fingerprint density at radius 2 is 1.92 bits per heavy atom. The number of carbonyl (C=O) groups is 2. The second kappa shape index (κ2) is 8.54. The molecule has 3 aromatic rings. The Morgan fingerprint density at radius 1 is 1.12 bits per heavy atom. The first-order valence-corrected chi connectivity index (χ1v) is 9.27. The number of hydrogen-bond donors (Lipinski definition) is 2. The standard InChI is InChI=1S/C17H15N3O4S2/c21-16(22)14-9-15(26-20-14)13-8-12(25-19-13)6-7-18-17(23)24-10-11-4-2-1-3-5-11/h1-5,8-9H,6-7,10H2,(H,18,23)(H,21,22). The minimum Gasteiger partial charge on any atom is -0.476 e. The van der Waals surface area contributed by atoms with Crippen LogP contribution in [0, 0.1) is 0 Å². The summed E-state index contributed by atoms with van der Waals surface area (Å²) < 4.78 is 13.3. The predicted molar refractivity (Wildman–Crippen MR) is 98.5 cm³/mol. The molecule has 0 saturated heterocycles. The fourth-order valence-electron chi connectivity index (χ4n) is 2.11. The molecule has 1 aromatic carbocycles. The monoisotopic (exact) mass is 389 g/mol. The van der Waals surface area contributed by atoms with E-state index in [0.29, 0.717) is 23.5 Å². The van der Waals surface area contributed by atoms with Crippen molar-refractivity contribution in [2.24, 2.45) is 0 Å². The van der Waals surface area contributed by atoms with Crippen LogP contribution < -0.4 is 5.32 Å². The molecule has 0 aliphatic heterocycles. The van der Waals surface area contributed by atoms with Crippen LogP contribution >= 0.6 is 23.1 Å². The van der Waals surface area contributed by atoms with Gasteiger partial charge in [-0.2, -0.15) is 8.75 Å². The van der Waals surface area contributed by atoms with Crippen LogP contribution in [0.3, 0.4) is 0 Å². The lowest BCUT2D eigenvalue weighted by atomic mass is 10.2. The van der Waals surface area contributed by atoms with Crippen LogP contribution in [0.15, 0.2) is 42.5 Å². The molecule has 0 atom stereocenters. The van der Waals surface area contributed by atoms with Crippen molar-refractivity contribution in [2.75, 3.05) is 6.54 Å².